The maximum Gasteiger partial charge on any atom is 0.151 e. The topological polar surface area (TPSA) is 39.9 Å². The highest BCUT2D eigenvalue weighted by Crippen LogP contribution is 2.27. The van der Waals surface area contributed by atoms with Crippen molar-refractivity contribution in [3.8, 4) is 6.07 Å². The van der Waals surface area contributed by atoms with Crippen LogP contribution in [-0.4, -0.2) is 12.0 Å². The molecule has 0 radical (unpaired) electrons. The molecule has 18 heavy (non-hydrogen) atoms. The number of hydrogen-bond donors (Lipinski definition) is 0. The number of benzene rings is 1. The maximum absolute atomic E-state index is 13.7. The predicted molar refractivity (Wildman–Crippen MR) is 68.2 cm³/mol. The average Bonchev–Trinajstić information content (AvgIpc) is 2.38. The van der Waals surface area contributed by atoms with Gasteiger partial charge in [0, 0.05) is 13.2 Å². The second-order valence-corrected chi connectivity index (χ2v) is 3.95. The predicted octanol–water partition coefficient (Wildman–Crippen LogP) is 3.17. The highest BCUT2D eigenvalue weighted by molar-refractivity contribution is 5.66. The highest BCUT2D eigenvalue weighted by atomic mass is 19.1. The minimum absolute atomic E-state index is 0.341. The SMILES string of the molecule is Cc1ccnc(N(C)c2ccccc2F)c1C#N. The largest absolute Gasteiger partial charge is 0.326 e. The van der Waals surface area contributed by atoms with E-state index in [1.807, 2.05) is 6.92 Å². The van der Waals surface area contributed by atoms with E-state index in [-0.39, 0.29) is 5.82 Å². The Hall–Kier alpha value is -2.41. The first kappa shape index (κ1) is 12.1. The van der Waals surface area contributed by atoms with Gasteiger partial charge in [-0.15, -0.1) is 0 Å². The lowest BCUT2D eigenvalue weighted by Crippen LogP contribution is -2.14. The Morgan fingerprint density at radius 2 is 2.00 bits per heavy atom. The summed E-state index contributed by atoms with van der Waals surface area (Å²) in [4.78, 5) is 5.75. The molecule has 2 aromatic rings. The van der Waals surface area contributed by atoms with Crippen LogP contribution in [-0.2, 0) is 0 Å². The zero-order valence-corrected chi connectivity index (χ0v) is 10.2. The van der Waals surface area contributed by atoms with Crippen LogP contribution < -0.4 is 4.90 Å². The molecule has 1 aromatic carbocycles. The van der Waals surface area contributed by atoms with Crippen LogP contribution in [0.15, 0.2) is 36.5 Å². The van der Waals surface area contributed by atoms with Crippen molar-refractivity contribution in [2.75, 3.05) is 11.9 Å². The average molecular weight is 241 g/mol. The molecule has 2 rings (SSSR count). The Kier molecular flexibility index (Phi) is 3.24. The smallest absolute Gasteiger partial charge is 0.151 e. The Balaban J connectivity index is 2.54. The third kappa shape index (κ3) is 2.03. The molecule has 90 valence electrons. The van der Waals surface area contributed by atoms with Crippen LogP contribution >= 0.6 is 0 Å². The molecular weight excluding hydrogens is 229 g/mol. The molecular formula is C14H12FN3. The van der Waals surface area contributed by atoms with Crippen molar-refractivity contribution < 1.29 is 4.39 Å². The maximum atomic E-state index is 13.7. The fraction of sp³-hybridized carbons (Fsp3) is 0.143. The van der Waals surface area contributed by atoms with E-state index in [0.29, 0.717) is 17.1 Å². The van der Waals surface area contributed by atoms with Gasteiger partial charge in [-0.25, -0.2) is 9.37 Å². The first-order valence-corrected chi connectivity index (χ1v) is 5.49. The normalized spacial score (nSPS) is 9.89. The number of rotatable bonds is 2. The number of hydrogen-bond acceptors (Lipinski definition) is 3. The number of para-hydroxylation sites is 1. The lowest BCUT2D eigenvalue weighted by molar-refractivity contribution is 0.627. The molecule has 0 aliphatic carbocycles. The summed E-state index contributed by atoms with van der Waals surface area (Å²) in [6, 6.07) is 10.3. The molecule has 0 N–H and O–H groups in total. The molecule has 0 bridgehead atoms. The van der Waals surface area contributed by atoms with Crippen LogP contribution in [0.5, 0.6) is 0 Å². The molecule has 0 saturated carbocycles. The van der Waals surface area contributed by atoms with E-state index in [9.17, 15) is 4.39 Å². The van der Waals surface area contributed by atoms with Gasteiger partial charge in [-0.2, -0.15) is 5.26 Å². The van der Waals surface area contributed by atoms with E-state index >= 15 is 0 Å². The molecule has 0 fully saturated rings. The van der Waals surface area contributed by atoms with Gasteiger partial charge in [0.1, 0.15) is 11.9 Å². The van der Waals surface area contributed by atoms with Gasteiger partial charge in [0.25, 0.3) is 0 Å². The summed E-state index contributed by atoms with van der Waals surface area (Å²) < 4.78 is 13.7. The van der Waals surface area contributed by atoms with Crippen LogP contribution in [0, 0.1) is 24.1 Å². The fourth-order valence-electron chi connectivity index (χ4n) is 1.77. The van der Waals surface area contributed by atoms with Crippen LogP contribution in [0.4, 0.5) is 15.9 Å². The molecule has 0 aliphatic heterocycles. The van der Waals surface area contributed by atoms with Gasteiger partial charge in [0.05, 0.1) is 11.3 Å². The van der Waals surface area contributed by atoms with E-state index in [2.05, 4.69) is 11.1 Å². The molecule has 0 spiro atoms. The van der Waals surface area contributed by atoms with Gasteiger partial charge in [-0.1, -0.05) is 12.1 Å². The van der Waals surface area contributed by atoms with E-state index in [0.717, 1.165) is 5.56 Å². The van der Waals surface area contributed by atoms with Crippen LogP contribution in [0.25, 0.3) is 0 Å². The second-order valence-electron chi connectivity index (χ2n) is 3.95. The van der Waals surface area contributed by atoms with E-state index < -0.39 is 0 Å². The third-order valence-electron chi connectivity index (χ3n) is 2.78. The summed E-state index contributed by atoms with van der Waals surface area (Å²) in [7, 11) is 1.70. The molecule has 1 aromatic heterocycles. The molecule has 0 saturated heterocycles. The third-order valence-corrected chi connectivity index (χ3v) is 2.78. The molecule has 1 heterocycles. The molecule has 0 amide bonds. The summed E-state index contributed by atoms with van der Waals surface area (Å²) in [6.45, 7) is 1.83. The fourth-order valence-corrected chi connectivity index (χ4v) is 1.77. The van der Waals surface area contributed by atoms with Crippen LogP contribution in [0.3, 0.4) is 0 Å². The van der Waals surface area contributed by atoms with Gasteiger partial charge < -0.3 is 4.90 Å². The van der Waals surface area contributed by atoms with Crippen molar-refractivity contribution in [1.82, 2.24) is 4.98 Å². The monoisotopic (exact) mass is 241 g/mol. The lowest BCUT2D eigenvalue weighted by Gasteiger charge is -2.20. The van der Waals surface area contributed by atoms with Crippen molar-refractivity contribution in [1.29, 1.82) is 5.26 Å². The van der Waals surface area contributed by atoms with Crippen molar-refractivity contribution in [2.24, 2.45) is 0 Å². The second kappa shape index (κ2) is 4.84. The highest BCUT2D eigenvalue weighted by Gasteiger charge is 2.15. The molecule has 0 unspecified atom stereocenters. The van der Waals surface area contributed by atoms with Crippen molar-refractivity contribution in [3.63, 3.8) is 0 Å². The zero-order valence-electron chi connectivity index (χ0n) is 10.2. The van der Waals surface area contributed by atoms with Gasteiger partial charge in [-0.3, -0.25) is 0 Å². The Morgan fingerprint density at radius 1 is 1.28 bits per heavy atom. The zero-order chi connectivity index (χ0) is 13.1. The van der Waals surface area contributed by atoms with Crippen molar-refractivity contribution in [2.45, 2.75) is 6.92 Å². The van der Waals surface area contributed by atoms with Crippen LogP contribution in [0.2, 0.25) is 0 Å². The number of pyridine rings is 1. The van der Waals surface area contributed by atoms with Gasteiger partial charge >= 0.3 is 0 Å². The summed E-state index contributed by atoms with van der Waals surface area (Å²) in [5, 5.41) is 9.15. The van der Waals surface area contributed by atoms with Gasteiger partial charge in [0.2, 0.25) is 0 Å². The van der Waals surface area contributed by atoms with E-state index in [1.165, 1.54) is 6.07 Å². The lowest BCUT2D eigenvalue weighted by atomic mass is 10.1. The summed E-state index contributed by atoms with van der Waals surface area (Å²) in [6.07, 6.45) is 1.61. The number of nitriles is 1. The molecule has 0 aliphatic rings. The summed E-state index contributed by atoms with van der Waals surface area (Å²) in [5.41, 5.74) is 1.68. The van der Waals surface area contributed by atoms with E-state index in [1.54, 1.807) is 42.4 Å². The number of halogens is 1. The number of nitrogens with zero attached hydrogens (tertiary/aromatic N) is 3. The number of anilines is 2. The summed E-state index contributed by atoms with van der Waals surface area (Å²) in [5.74, 6) is 0.120. The first-order chi connectivity index (χ1) is 8.65. The number of aryl methyl sites for hydroxylation is 1. The Morgan fingerprint density at radius 3 is 2.67 bits per heavy atom. The molecule has 0 atom stereocenters. The minimum Gasteiger partial charge on any atom is -0.326 e. The van der Waals surface area contributed by atoms with Crippen molar-refractivity contribution in [3.05, 3.63) is 53.5 Å². The van der Waals surface area contributed by atoms with Gasteiger partial charge in [-0.05, 0) is 30.7 Å². The molecule has 3 nitrogen and oxygen atoms in total. The quantitative estimate of drug-likeness (QED) is 0.810. The summed E-state index contributed by atoms with van der Waals surface area (Å²) >= 11 is 0. The van der Waals surface area contributed by atoms with Gasteiger partial charge in [0.15, 0.2) is 5.82 Å². The van der Waals surface area contributed by atoms with Crippen molar-refractivity contribution >= 4 is 11.5 Å². The molecule has 4 heteroatoms. The minimum atomic E-state index is -0.341. The first-order valence-electron chi connectivity index (χ1n) is 5.49. The number of aromatic nitrogens is 1. The Bertz CT molecular complexity index is 617. The standard InChI is InChI=1S/C14H12FN3/c1-10-7-8-17-14(11(10)9-16)18(2)13-6-4-3-5-12(13)15/h3-8H,1-2H3. The van der Waals surface area contributed by atoms with Crippen LogP contribution in [0.1, 0.15) is 11.1 Å². The van der Waals surface area contributed by atoms with E-state index in [4.69, 9.17) is 5.26 Å². The Labute approximate surface area is 105 Å².